The van der Waals surface area contributed by atoms with Crippen molar-refractivity contribution < 1.29 is 4.79 Å². The number of rotatable bonds is 3. The van der Waals surface area contributed by atoms with E-state index in [-0.39, 0.29) is 21.9 Å². The standard InChI is InChI=1S/C12H11Cl2N5O/c1-3-8-7(4-6(2)18-19-8)12(20)17-11-9(13)10(14)15-5-16-11/h4-5H,3H2,1-2H3,(H,15,16,17,20). The molecule has 0 aliphatic heterocycles. The van der Waals surface area contributed by atoms with Crippen LogP contribution in [0.3, 0.4) is 0 Å². The maximum Gasteiger partial charge on any atom is 0.258 e. The van der Waals surface area contributed by atoms with Gasteiger partial charge in [0.2, 0.25) is 0 Å². The van der Waals surface area contributed by atoms with E-state index in [1.807, 2.05) is 6.92 Å². The molecule has 0 fully saturated rings. The first kappa shape index (κ1) is 14.6. The zero-order valence-corrected chi connectivity index (χ0v) is 12.3. The normalized spacial score (nSPS) is 10.4. The van der Waals surface area contributed by atoms with Gasteiger partial charge in [0.05, 0.1) is 17.0 Å². The lowest BCUT2D eigenvalue weighted by atomic mass is 10.1. The molecular weight excluding hydrogens is 301 g/mol. The van der Waals surface area contributed by atoms with E-state index in [2.05, 4.69) is 25.5 Å². The second-order valence-corrected chi connectivity index (χ2v) is 4.72. The van der Waals surface area contributed by atoms with Crippen molar-refractivity contribution in [3.63, 3.8) is 0 Å². The fraction of sp³-hybridized carbons (Fsp3) is 0.250. The lowest BCUT2D eigenvalue weighted by molar-refractivity contribution is 0.102. The van der Waals surface area contributed by atoms with Crippen LogP contribution in [0.25, 0.3) is 0 Å². The van der Waals surface area contributed by atoms with Crippen LogP contribution in [0.2, 0.25) is 10.2 Å². The molecule has 0 saturated carbocycles. The van der Waals surface area contributed by atoms with Gasteiger partial charge >= 0.3 is 0 Å². The number of carbonyl (C=O) groups excluding carboxylic acids is 1. The molecule has 2 rings (SSSR count). The molecule has 2 aromatic heterocycles. The van der Waals surface area contributed by atoms with Gasteiger partial charge in [-0.1, -0.05) is 30.1 Å². The first-order valence-electron chi connectivity index (χ1n) is 5.83. The summed E-state index contributed by atoms with van der Waals surface area (Å²) >= 11 is 11.7. The maximum atomic E-state index is 12.3. The summed E-state index contributed by atoms with van der Waals surface area (Å²) < 4.78 is 0. The van der Waals surface area contributed by atoms with E-state index in [1.54, 1.807) is 13.0 Å². The highest BCUT2D eigenvalue weighted by Crippen LogP contribution is 2.25. The van der Waals surface area contributed by atoms with Gasteiger partial charge in [0.25, 0.3) is 5.91 Å². The second-order valence-electron chi connectivity index (χ2n) is 3.98. The third-order valence-electron chi connectivity index (χ3n) is 2.55. The molecule has 0 aliphatic carbocycles. The summed E-state index contributed by atoms with van der Waals surface area (Å²) in [4.78, 5) is 19.9. The Morgan fingerprint density at radius 3 is 2.75 bits per heavy atom. The fourth-order valence-corrected chi connectivity index (χ4v) is 1.86. The summed E-state index contributed by atoms with van der Waals surface area (Å²) in [6.45, 7) is 3.66. The van der Waals surface area contributed by atoms with E-state index in [9.17, 15) is 4.79 Å². The highest BCUT2D eigenvalue weighted by Gasteiger charge is 2.16. The number of nitrogens with zero attached hydrogens (tertiary/aromatic N) is 4. The van der Waals surface area contributed by atoms with Gasteiger partial charge in [-0.15, -0.1) is 0 Å². The van der Waals surface area contributed by atoms with Gasteiger partial charge in [0, 0.05) is 0 Å². The first-order valence-corrected chi connectivity index (χ1v) is 6.59. The number of anilines is 1. The molecule has 8 heteroatoms. The van der Waals surface area contributed by atoms with Gasteiger partial charge in [0.15, 0.2) is 11.0 Å². The van der Waals surface area contributed by atoms with Crippen LogP contribution in [0.1, 0.15) is 28.7 Å². The Labute approximate surface area is 125 Å². The van der Waals surface area contributed by atoms with Crippen molar-refractivity contribution in [1.29, 1.82) is 0 Å². The van der Waals surface area contributed by atoms with Crippen LogP contribution in [0.5, 0.6) is 0 Å². The molecular formula is C12H11Cl2N5O. The molecule has 6 nitrogen and oxygen atoms in total. The molecule has 0 bridgehead atoms. The summed E-state index contributed by atoms with van der Waals surface area (Å²) in [5.74, 6) is -0.204. The molecule has 1 amide bonds. The first-order chi connectivity index (χ1) is 9.52. The predicted octanol–water partition coefficient (Wildman–Crippen LogP) is 2.70. The quantitative estimate of drug-likeness (QED) is 0.881. The van der Waals surface area contributed by atoms with Crippen LogP contribution >= 0.6 is 23.2 Å². The van der Waals surface area contributed by atoms with Crippen LogP contribution in [-0.2, 0) is 6.42 Å². The zero-order chi connectivity index (χ0) is 14.7. The SMILES string of the molecule is CCc1nnc(C)cc1C(=O)Nc1ncnc(Cl)c1Cl. The second kappa shape index (κ2) is 6.11. The largest absolute Gasteiger partial charge is 0.305 e. The van der Waals surface area contributed by atoms with E-state index in [1.165, 1.54) is 6.33 Å². The van der Waals surface area contributed by atoms with Crippen LogP contribution in [0.4, 0.5) is 5.82 Å². The Balaban J connectivity index is 2.33. The summed E-state index contributed by atoms with van der Waals surface area (Å²) in [6, 6.07) is 1.66. The molecule has 0 radical (unpaired) electrons. The molecule has 0 aromatic carbocycles. The number of hydrogen-bond acceptors (Lipinski definition) is 5. The molecule has 0 aliphatic rings. The maximum absolute atomic E-state index is 12.3. The van der Waals surface area contributed by atoms with Crippen molar-refractivity contribution in [3.05, 3.63) is 39.5 Å². The molecule has 2 heterocycles. The van der Waals surface area contributed by atoms with Crippen LogP contribution in [0, 0.1) is 6.92 Å². The van der Waals surface area contributed by atoms with Crippen molar-refractivity contribution in [1.82, 2.24) is 20.2 Å². The van der Waals surface area contributed by atoms with E-state index in [4.69, 9.17) is 23.2 Å². The molecule has 20 heavy (non-hydrogen) atoms. The van der Waals surface area contributed by atoms with Gasteiger partial charge in [-0.3, -0.25) is 4.79 Å². The smallest absolute Gasteiger partial charge is 0.258 e. The number of aryl methyl sites for hydroxylation is 2. The van der Waals surface area contributed by atoms with Gasteiger partial charge in [-0.05, 0) is 19.4 Å². The van der Waals surface area contributed by atoms with Crippen molar-refractivity contribution in [2.75, 3.05) is 5.32 Å². The van der Waals surface area contributed by atoms with E-state index >= 15 is 0 Å². The van der Waals surface area contributed by atoms with Crippen molar-refractivity contribution in [3.8, 4) is 0 Å². The highest BCUT2D eigenvalue weighted by atomic mass is 35.5. The summed E-state index contributed by atoms with van der Waals surface area (Å²) in [5.41, 5.74) is 1.69. The Morgan fingerprint density at radius 2 is 2.05 bits per heavy atom. The van der Waals surface area contributed by atoms with Crippen LogP contribution in [0.15, 0.2) is 12.4 Å². The summed E-state index contributed by atoms with van der Waals surface area (Å²) in [6.07, 6.45) is 1.81. The van der Waals surface area contributed by atoms with Gasteiger partial charge in [-0.25, -0.2) is 9.97 Å². The van der Waals surface area contributed by atoms with Crippen molar-refractivity contribution in [2.24, 2.45) is 0 Å². The number of carbonyl (C=O) groups is 1. The average Bonchev–Trinajstić information content (AvgIpc) is 2.43. The van der Waals surface area contributed by atoms with E-state index < -0.39 is 0 Å². The molecule has 0 atom stereocenters. The van der Waals surface area contributed by atoms with Crippen molar-refractivity contribution in [2.45, 2.75) is 20.3 Å². The molecule has 0 spiro atoms. The molecule has 1 N–H and O–H groups in total. The van der Waals surface area contributed by atoms with Gasteiger partial charge < -0.3 is 5.32 Å². The molecule has 0 saturated heterocycles. The average molecular weight is 312 g/mol. The number of aromatic nitrogens is 4. The number of halogens is 2. The monoisotopic (exact) mass is 311 g/mol. The Morgan fingerprint density at radius 1 is 1.30 bits per heavy atom. The molecule has 2 aromatic rings. The Bertz CT molecular complexity index is 662. The van der Waals surface area contributed by atoms with Gasteiger partial charge in [-0.2, -0.15) is 10.2 Å². The highest BCUT2D eigenvalue weighted by molar-refractivity contribution is 6.43. The minimum Gasteiger partial charge on any atom is -0.305 e. The fourth-order valence-electron chi connectivity index (χ4n) is 1.58. The number of nitrogens with one attached hydrogen (secondary N) is 1. The number of hydrogen-bond donors (Lipinski definition) is 1. The lowest BCUT2D eigenvalue weighted by Crippen LogP contribution is -2.17. The topological polar surface area (TPSA) is 80.7 Å². The predicted molar refractivity (Wildman–Crippen MR) is 76.2 cm³/mol. The van der Waals surface area contributed by atoms with E-state index in [0.29, 0.717) is 23.4 Å². The summed E-state index contributed by atoms with van der Waals surface area (Å²) in [7, 11) is 0. The minimum absolute atomic E-state index is 0.0803. The third-order valence-corrected chi connectivity index (χ3v) is 3.29. The van der Waals surface area contributed by atoms with E-state index in [0.717, 1.165) is 0 Å². The molecule has 0 unspecified atom stereocenters. The van der Waals surface area contributed by atoms with Crippen molar-refractivity contribution >= 4 is 34.9 Å². The minimum atomic E-state index is -0.364. The Kier molecular flexibility index (Phi) is 4.46. The molecule has 104 valence electrons. The Hall–Kier alpha value is -1.79. The third kappa shape index (κ3) is 3.02. The number of amides is 1. The summed E-state index contributed by atoms with van der Waals surface area (Å²) in [5, 5.41) is 10.7. The zero-order valence-electron chi connectivity index (χ0n) is 10.8. The van der Waals surface area contributed by atoms with Crippen LogP contribution in [-0.4, -0.2) is 26.1 Å². The lowest BCUT2D eigenvalue weighted by Gasteiger charge is -2.09. The van der Waals surface area contributed by atoms with Crippen LogP contribution < -0.4 is 5.32 Å². The van der Waals surface area contributed by atoms with Gasteiger partial charge in [0.1, 0.15) is 11.3 Å².